The van der Waals surface area contributed by atoms with Gasteiger partial charge < -0.3 is 42.1 Å². The zero-order chi connectivity index (χ0) is 22.8. The number of nitrogens with two attached hydrogens (primary N) is 1. The van der Waals surface area contributed by atoms with Crippen molar-refractivity contribution < 1.29 is 39.6 Å². The van der Waals surface area contributed by atoms with Crippen LogP contribution in [0.4, 0.5) is 0 Å². The number of aliphatic hydroxyl groups excluding tert-OH is 2. The minimum Gasteiger partial charge on any atom is -0.508 e. The summed E-state index contributed by atoms with van der Waals surface area (Å²) in [4.78, 5) is 46.9. The highest BCUT2D eigenvalue weighted by atomic mass is 16.4. The van der Waals surface area contributed by atoms with Gasteiger partial charge in [-0.3, -0.25) is 14.4 Å². The van der Waals surface area contributed by atoms with E-state index in [0.717, 1.165) is 0 Å². The average Bonchev–Trinajstić information content (AvgIpc) is 2.69. The predicted molar refractivity (Wildman–Crippen MR) is 103 cm³/mol. The van der Waals surface area contributed by atoms with Crippen LogP contribution in [0.1, 0.15) is 12.5 Å². The van der Waals surface area contributed by atoms with Crippen LogP contribution in [0.3, 0.4) is 0 Å². The summed E-state index contributed by atoms with van der Waals surface area (Å²) >= 11 is 0. The lowest BCUT2D eigenvalue weighted by Crippen LogP contribution is -2.55. The van der Waals surface area contributed by atoms with Gasteiger partial charge in [-0.2, -0.15) is 0 Å². The number of amides is 3. The van der Waals surface area contributed by atoms with Crippen molar-refractivity contribution in [3.8, 4) is 5.75 Å². The lowest BCUT2D eigenvalue weighted by Gasteiger charge is -2.20. The molecule has 0 fully saturated rings. The van der Waals surface area contributed by atoms with Crippen molar-refractivity contribution >= 4 is 23.7 Å². The Morgan fingerprint density at radius 1 is 1.07 bits per heavy atom. The van der Waals surface area contributed by atoms with Gasteiger partial charge in [-0.05, 0) is 31.0 Å². The summed E-state index contributed by atoms with van der Waals surface area (Å²) < 4.78 is 0. The van der Waals surface area contributed by atoms with Crippen molar-refractivity contribution in [2.24, 2.45) is 5.73 Å². The minimum absolute atomic E-state index is 0.0564. The largest absolute Gasteiger partial charge is 0.508 e. The third-order valence-corrected chi connectivity index (χ3v) is 4.03. The van der Waals surface area contributed by atoms with E-state index < -0.39 is 61.1 Å². The molecule has 0 saturated carbocycles. The molecular formula is C18H26N4O8. The first-order valence-corrected chi connectivity index (χ1v) is 8.97. The van der Waals surface area contributed by atoms with Crippen molar-refractivity contribution in [3.63, 3.8) is 0 Å². The maximum atomic E-state index is 12.2. The topological polar surface area (TPSA) is 211 Å². The number of carbonyl (C=O) groups excluding carboxylic acids is 3. The molecule has 0 aliphatic heterocycles. The van der Waals surface area contributed by atoms with Crippen molar-refractivity contribution in [1.29, 1.82) is 0 Å². The van der Waals surface area contributed by atoms with Gasteiger partial charge in [0.2, 0.25) is 17.7 Å². The molecular weight excluding hydrogens is 400 g/mol. The second-order valence-electron chi connectivity index (χ2n) is 6.56. The number of carboxylic acid groups (broad SMARTS) is 1. The summed E-state index contributed by atoms with van der Waals surface area (Å²) in [5.41, 5.74) is 6.46. The molecule has 30 heavy (non-hydrogen) atoms. The highest BCUT2D eigenvalue weighted by molar-refractivity contribution is 5.92. The van der Waals surface area contributed by atoms with Crippen LogP contribution in [0.15, 0.2) is 24.3 Å². The summed E-state index contributed by atoms with van der Waals surface area (Å²) in [6.45, 7) is -0.228. The molecule has 0 aliphatic rings. The number of carbonyl (C=O) groups is 4. The van der Waals surface area contributed by atoms with Crippen molar-refractivity contribution in [1.82, 2.24) is 16.0 Å². The molecule has 12 nitrogen and oxygen atoms in total. The number of hydrogen-bond acceptors (Lipinski definition) is 8. The normalized spacial score (nSPS) is 14.7. The summed E-state index contributed by atoms with van der Waals surface area (Å²) in [6, 6.07) is 2.04. The fourth-order valence-corrected chi connectivity index (χ4v) is 2.36. The molecule has 0 bridgehead atoms. The fraction of sp³-hybridized carbons (Fsp3) is 0.444. The number of nitrogens with one attached hydrogen (secondary N) is 3. The number of phenolic OH excluding ortho intramolecular Hbond substituents is 1. The molecule has 9 N–H and O–H groups in total. The third-order valence-electron chi connectivity index (χ3n) is 4.03. The lowest BCUT2D eigenvalue weighted by molar-refractivity contribution is -0.144. The molecule has 166 valence electrons. The van der Waals surface area contributed by atoms with E-state index in [1.807, 2.05) is 5.32 Å². The van der Waals surface area contributed by atoms with E-state index in [4.69, 9.17) is 10.8 Å². The highest BCUT2D eigenvalue weighted by Gasteiger charge is 2.26. The Kier molecular flexibility index (Phi) is 9.68. The molecule has 3 amide bonds. The van der Waals surface area contributed by atoms with Crippen molar-refractivity contribution in [2.75, 3.05) is 13.2 Å². The molecule has 1 rings (SSSR count). The Labute approximate surface area is 172 Å². The van der Waals surface area contributed by atoms with E-state index in [-0.39, 0.29) is 12.2 Å². The number of aliphatic carboxylic acids is 1. The van der Waals surface area contributed by atoms with E-state index in [2.05, 4.69) is 10.6 Å². The molecule has 0 radical (unpaired) electrons. The number of carboxylic acids is 1. The van der Waals surface area contributed by atoms with Crippen LogP contribution in [0, 0.1) is 0 Å². The SMILES string of the molecule is CC(O)C(NC(=O)CNC(=O)C(CO)NC(=O)C(N)Cc1ccc(O)cc1)C(=O)O. The highest BCUT2D eigenvalue weighted by Crippen LogP contribution is 2.10. The second kappa shape index (κ2) is 11.7. The first-order chi connectivity index (χ1) is 14.0. The Bertz CT molecular complexity index is 753. The molecule has 0 spiro atoms. The number of rotatable bonds is 11. The van der Waals surface area contributed by atoms with Crippen LogP contribution in [0.25, 0.3) is 0 Å². The van der Waals surface area contributed by atoms with E-state index in [1.165, 1.54) is 19.1 Å². The van der Waals surface area contributed by atoms with E-state index >= 15 is 0 Å². The van der Waals surface area contributed by atoms with Gasteiger partial charge in [0.25, 0.3) is 0 Å². The quantitative estimate of drug-likeness (QED) is 0.179. The summed E-state index contributed by atoms with van der Waals surface area (Å²) in [5, 5.41) is 43.3. The van der Waals surface area contributed by atoms with Gasteiger partial charge in [0.1, 0.15) is 11.8 Å². The van der Waals surface area contributed by atoms with Crippen LogP contribution in [0.2, 0.25) is 0 Å². The van der Waals surface area contributed by atoms with Gasteiger partial charge in [0.05, 0.1) is 25.3 Å². The zero-order valence-corrected chi connectivity index (χ0v) is 16.2. The first kappa shape index (κ1) is 24.8. The molecule has 0 saturated heterocycles. The van der Waals surface area contributed by atoms with E-state index in [1.54, 1.807) is 12.1 Å². The summed E-state index contributed by atoms with van der Waals surface area (Å²) in [5.74, 6) is -3.89. The van der Waals surface area contributed by atoms with Gasteiger partial charge >= 0.3 is 5.97 Å². The Morgan fingerprint density at radius 2 is 1.67 bits per heavy atom. The third kappa shape index (κ3) is 8.03. The van der Waals surface area contributed by atoms with Crippen LogP contribution in [-0.2, 0) is 25.6 Å². The predicted octanol–water partition coefficient (Wildman–Crippen LogP) is -3.19. The Balaban J connectivity index is 2.55. The number of aliphatic hydroxyl groups is 2. The van der Waals surface area contributed by atoms with Crippen LogP contribution in [0.5, 0.6) is 5.75 Å². The monoisotopic (exact) mass is 426 g/mol. The molecule has 0 aromatic heterocycles. The molecule has 0 heterocycles. The maximum absolute atomic E-state index is 12.2. The molecule has 1 aromatic carbocycles. The molecule has 4 unspecified atom stereocenters. The van der Waals surface area contributed by atoms with Gasteiger partial charge in [0.15, 0.2) is 6.04 Å². The number of hydrogen-bond donors (Lipinski definition) is 8. The smallest absolute Gasteiger partial charge is 0.328 e. The summed E-state index contributed by atoms with van der Waals surface area (Å²) in [6.07, 6.45) is -1.24. The van der Waals surface area contributed by atoms with Crippen LogP contribution >= 0.6 is 0 Å². The Hall–Kier alpha value is -3.22. The van der Waals surface area contributed by atoms with Gasteiger partial charge in [-0.25, -0.2) is 4.79 Å². The van der Waals surface area contributed by atoms with Gasteiger partial charge in [0, 0.05) is 0 Å². The van der Waals surface area contributed by atoms with Crippen molar-refractivity contribution in [2.45, 2.75) is 37.6 Å². The standard InChI is InChI=1S/C18H26N4O8/c1-9(24)15(18(29)30)22-14(26)7-20-17(28)13(8-23)21-16(27)12(19)6-10-2-4-11(25)5-3-10/h2-5,9,12-13,15,23-25H,6-8,19H2,1H3,(H,20,28)(H,21,27)(H,22,26)(H,29,30). The zero-order valence-electron chi connectivity index (χ0n) is 16.2. The number of benzene rings is 1. The summed E-state index contributed by atoms with van der Waals surface area (Å²) in [7, 11) is 0. The number of phenols is 1. The van der Waals surface area contributed by atoms with Crippen molar-refractivity contribution in [3.05, 3.63) is 29.8 Å². The minimum atomic E-state index is -1.55. The van der Waals surface area contributed by atoms with Gasteiger partial charge in [-0.15, -0.1) is 0 Å². The van der Waals surface area contributed by atoms with Crippen LogP contribution < -0.4 is 21.7 Å². The van der Waals surface area contributed by atoms with E-state index in [0.29, 0.717) is 5.56 Å². The molecule has 0 aliphatic carbocycles. The lowest BCUT2D eigenvalue weighted by atomic mass is 10.1. The molecule has 12 heteroatoms. The first-order valence-electron chi connectivity index (χ1n) is 8.97. The van der Waals surface area contributed by atoms with Crippen LogP contribution in [-0.4, -0.2) is 81.5 Å². The maximum Gasteiger partial charge on any atom is 0.328 e. The molecule has 4 atom stereocenters. The van der Waals surface area contributed by atoms with Gasteiger partial charge in [-0.1, -0.05) is 12.1 Å². The fourth-order valence-electron chi connectivity index (χ4n) is 2.36. The number of aromatic hydroxyl groups is 1. The Morgan fingerprint density at radius 3 is 2.17 bits per heavy atom. The second-order valence-corrected chi connectivity index (χ2v) is 6.56. The van der Waals surface area contributed by atoms with E-state index in [9.17, 15) is 34.5 Å². The molecule has 1 aromatic rings. The average molecular weight is 426 g/mol.